The van der Waals surface area contributed by atoms with Crippen molar-refractivity contribution in [3.63, 3.8) is 0 Å². The van der Waals surface area contributed by atoms with Crippen LogP contribution in [0.25, 0.3) is 22.3 Å². The van der Waals surface area contributed by atoms with Crippen LogP contribution in [0.15, 0.2) is 30.6 Å². The van der Waals surface area contributed by atoms with Crippen molar-refractivity contribution in [2.75, 3.05) is 0 Å². The minimum Gasteiger partial charge on any atom is -0.505 e. The van der Waals surface area contributed by atoms with Gasteiger partial charge in [0.25, 0.3) is 0 Å². The lowest BCUT2D eigenvalue weighted by molar-refractivity contribution is 0.472. The predicted molar refractivity (Wildman–Crippen MR) is 73.6 cm³/mol. The molecule has 0 aliphatic rings. The molecule has 5 nitrogen and oxygen atoms in total. The predicted octanol–water partition coefficient (Wildman–Crippen LogP) is 2.10. The Hall–Kier alpha value is -2.40. The number of aromatic nitrogens is 3. The molecule has 0 aliphatic carbocycles. The van der Waals surface area contributed by atoms with Crippen LogP contribution in [0.5, 0.6) is 5.75 Å². The zero-order valence-corrected chi connectivity index (χ0v) is 10.5. The van der Waals surface area contributed by atoms with Gasteiger partial charge in [0.2, 0.25) is 0 Å². The summed E-state index contributed by atoms with van der Waals surface area (Å²) in [6.07, 6.45) is 3.31. The van der Waals surface area contributed by atoms with Gasteiger partial charge in [0.15, 0.2) is 0 Å². The third-order valence-corrected chi connectivity index (χ3v) is 3.25. The quantitative estimate of drug-likeness (QED) is 0.653. The fourth-order valence-corrected chi connectivity index (χ4v) is 2.23. The molecule has 5 heteroatoms. The van der Waals surface area contributed by atoms with Crippen molar-refractivity contribution in [3.8, 4) is 17.0 Å². The normalized spacial score (nSPS) is 11.1. The van der Waals surface area contributed by atoms with Crippen molar-refractivity contribution >= 4 is 11.0 Å². The molecule has 0 unspecified atom stereocenters. The van der Waals surface area contributed by atoms with E-state index in [1.807, 2.05) is 25.1 Å². The number of hydrogen-bond acceptors (Lipinski definition) is 4. The van der Waals surface area contributed by atoms with E-state index in [1.165, 1.54) is 0 Å². The topological polar surface area (TPSA) is 87.8 Å². The van der Waals surface area contributed by atoms with Crippen LogP contribution < -0.4 is 5.73 Å². The lowest BCUT2D eigenvalue weighted by Gasteiger charge is -2.02. The Morgan fingerprint density at radius 1 is 1.21 bits per heavy atom. The Balaban J connectivity index is 2.19. The standard InChI is InChI=1S/C14H14N4O/c1-8-10(7-15)14(19)13(18-8)9-2-3-11-12(6-9)17-5-4-16-11/h2-6,18-19H,7,15H2,1H3. The zero-order valence-electron chi connectivity index (χ0n) is 10.5. The second-order valence-electron chi connectivity index (χ2n) is 4.42. The molecule has 0 atom stereocenters. The summed E-state index contributed by atoms with van der Waals surface area (Å²) in [5, 5.41) is 10.2. The number of rotatable bonds is 2. The Bertz CT molecular complexity index is 748. The smallest absolute Gasteiger partial charge is 0.145 e. The van der Waals surface area contributed by atoms with Crippen LogP contribution in [0.2, 0.25) is 0 Å². The molecule has 0 radical (unpaired) electrons. The van der Waals surface area contributed by atoms with Crippen LogP contribution in [0.3, 0.4) is 0 Å². The van der Waals surface area contributed by atoms with E-state index >= 15 is 0 Å². The van der Waals surface area contributed by atoms with E-state index in [4.69, 9.17) is 5.73 Å². The van der Waals surface area contributed by atoms with Crippen LogP contribution in [0, 0.1) is 6.92 Å². The fourth-order valence-electron chi connectivity index (χ4n) is 2.23. The maximum atomic E-state index is 10.2. The summed E-state index contributed by atoms with van der Waals surface area (Å²) in [6.45, 7) is 2.20. The van der Waals surface area contributed by atoms with Gasteiger partial charge >= 0.3 is 0 Å². The van der Waals surface area contributed by atoms with Crippen molar-refractivity contribution < 1.29 is 5.11 Å². The molecule has 2 aromatic heterocycles. The highest BCUT2D eigenvalue weighted by Crippen LogP contribution is 2.34. The molecule has 0 fully saturated rings. The average Bonchev–Trinajstić information content (AvgIpc) is 2.73. The van der Waals surface area contributed by atoms with Gasteiger partial charge in [-0.1, -0.05) is 6.07 Å². The van der Waals surface area contributed by atoms with Gasteiger partial charge < -0.3 is 15.8 Å². The average molecular weight is 254 g/mol. The highest BCUT2D eigenvalue weighted by molar-refractivity contribution is 5.82. The minimum atomic E-state index is 0.211. The highest BCUT2D eigenvalue weighted by atomic mass is 16.3. The number of nitrogens with two attached hydrogens (primary N) is 1. The van der Waals surface area contributed by atoms with E-state index in [1.54, 1.807) is 12.4 Å². The van der Waals surface area contributed by atoms with Gasteiger partial charge in [-0.15, -0.1) is 0 Å². The largest absolute Gasteiger partial charge is 0.505 e. The second-order valence-corrected chi connectivity index (χ2v) is 4.42. The highest BCUT2D eigenvalue weighted by Gasteiger charge is 2.14. The maximum Gasteiger partial charge on any atom is 0.145 e. The van der Waals surface area contributed by atoms with Crippen LogP contribution in [0.4, 0.5) is 0 Å². The SMILES string of the molecule is Cc1[nH]c(-c2ccc3nccnc3c2)c(O)c1CN. The van der Waals surface area contributed by atoms with Crippen LogP contribution >= 0.6 is 0 Å². The summed E-state index contributed by atoms with van der Waals surface area (Å²) in [5.41, 5.74) is 10.4. The monoisotopic (exact) mass is 254 g/mol. The summed E-state index contributed by atoms with van der Waals surface area (Å²) < 4.78 is 0. The summed E-state index contributed by atoms with van der Waals surface area (Å²) in [6, 6.07) is 5.69. The van der Waals surface area contributed by atoms with Crippen LogP contribution in [-0.2, 0) is 6.54 Å². The summed E-state index contributed by atoms with van der Waals surface area (Å²) in [5.74, 6) is 0.211. The van der Waals surface area contributed by atoms with Crippen molar-refractivity contribution in [1.82, 2.24) is 15.0 Å². The molecule has 0 spiro atoms. The van der Waals surface area contributed by atoms with E-state index in [0.717, 1.165) is 27.9 Å². The van der Waals surface area contributed by atoms with E-state index < -0.39 is 0 Å². The summed E-state index contributed by atoms with van der Waals surface area (Å²) in [7, 11) is 0. The van der Waals surface area contributed by atoms with E-state index in [0.29, 0.717) is 12.2 Å². The molecule has 2 heterocycles. The Morgan fingerprint density at radius 2 is 1.95 bits per heavy atom. The number of aromatic amines is 1. The molecule has 96 valence electrons. The Labute approximate surface area is 110 Å². The maximum absolute atomic E-state index is 10.2. The van der Waals surface area contributed by atoms with Gasteiger partial charge in [-0.05, 0) is 19.1 Å². The van der Waals surface area contributed by atoms with Crippen molar-refractivity contribution in [2.24, 2.45) is 5.73 Å². The molecule has 1 aromatic carbocycles. The Morgan fingerprint density at radius 3 is 2.63 bits per heavy atom. The first kappa shape index (κ1) is 11.7. The molecule has 19 heavy (non-hydrogen) atoms. The number of H-pyrrole nitrogens is 1. The summed E-state index contributed by atoms with van der Waals surface area (Å²) in [4.78, 5) is 11.7. The van der Waals surface area contributed by atoms with Gasteiger partial charge in [-0.3, -0.25) is 9.97 Å². The van der Waals surface area contributed by atoms with E-state index in [2.05, 4.69) is 15.0 Å². The number of hydrogen-bond donors (Lipinski definition) is 3. The lowest BCUT2D eigenvalue weighted by atomic mass is 10.1. The number of fused-ring (bicyclic) bond motifs is 1. The van der Waals surface area contributed by atoms with Crippen molar-refractivity contribution in [3.05, 3.63) is 41.9 Å². The lowest BCUT2D eigenvalue weighted by Crippen LogP contribution is -1.96. The van der Waals surface area contributed by atoms with Gasteiger partial charge in [0.1, 0.15) is 5.75 Å². The first-order chi connectivity index (χ1) is 9.20. The molecule has 0 amide bonds. The number of nitrogens with one attached hydrogen (secondary N) is 1. The first-order valence-electron chi connectivity index (χ1n) is 6.02. The molecule has 0 saturated carbocycles. The fraction of sp³-hybridized carbons (Fsp3) is 0.143. The van der Waals surface area contributed by atoms with Crippen LogP contribution in [0.1, 0.15) is 11.3 Å². The third kappa shape index (κ3) is 1.84. The van der Waals surface area contributed by atoms with Gasteiger partial charge in [0, 0.05) is 35.8 Å². The van der Waals surface area contributed by atoms with Gasteiger partial charge in [-0.25, -0.2) is 0 Å². The second kappa shape index (κ2) is 4.37. The zero-order chi connectivity index (χ0) is 13.4. The number of aryl methyl sites for hydroxylation is 1. The Kier molecular flexibility index (Phi) is 2.68. The number of nitrogens with zero attached hydrogens (tertiary/aromatic N) is 2. The molecule has 3 aromatic rings. The first-order valence-corrected chi connectivity index (χ1v) is 6.02. The number of aromatic hydroxyl groups is 1. The molecule has 0 bridgehead atoms. The van der Waals surface area contributed by atoms with Gasteiger partial charge in [-0.2, -0.15) is 0 Å². The summed E-state index contributed by atoms with van der Waals surface area (Å²) >= 11 is 0. The molecular formula is C14H14N4O. The minimum absolute atomic E-state index is 0.211. The van der Waals surface area contributed by atoms with Crippen LogP contribution in [-0.4, -0.2) is 20.1 Å². The van der Waals surface area contributed by atoms with Crippen molar-refractivity contribution in [2.45, 2.75) is 13.5 Å². The molecule has 3 rings (SSSR count). The molecule has 0 aliphatic heterocycles. The number of benzene rings is 1. The van der Waals surface area contributed by atoms with Crippen molar-refractivity contribution in [1.29, 1.82) is 0 Å². The van der Waals surface area contributed by atoms with E-state index in [-0.39, 0.29) is 5.75 Å². The molecule has 4 N–H and O–H groups in total. The molecule has 0 saturated heterocycles. The third-order valence-electron chi connectivity index (χ3n) is 3.25. The van der Waals surface area contributed by atoms with Gasteiger partial charge in [0.05, 0.1) is 16.7 Å². The van der Waals surface area contributed by atoms with E-state index in [9.17, 15) is 5.11 Å². The molecular weight excluding hydrogens is 240 g/mol.